The van der Waals surface area contributed by atoms with Gasteiger partial charge >= 0.3 is 6.03 Å². The van der Waals surface area contributed by atoms with Crippen molar-refractivity contribution in [2.24, 2.45) is 0 Å². The monoisotopic (exact) mass is 373 g/mol. The number of urea groups is 1. The highest BCUT2D eigenvalue weighted by Crippen LogP contribution is 2.31. The fraction of sp³-hybridized carbons (Fsp3) is 0.316. The molecule has 26 heavy (non-hydrogen) atoms. The molecule has 0 aliphatic carbocycles. The number of benzene rings is 2. The normalized spacial score (nSPS) is 13.8. The van der Waals surface area contributed by atoms with Crippen LogP contribution in [0.4, 0.5) is 21.9 Å². The van der Waals surface area contributed by atoms with Gasteiger partial charge in [0.15, 0.2) is 0 Å². The van der Waals surface area contributed by atoms with Gasteiger partial charge in [-0.25, -0.2) is 13.2 Å². The van der Waals surface area contributed by atoms with Crippen molar-refractivity contribution in [2.45, 2.75) is 26.7 Å². The van der Waals surface area contributed by atoms with Gasteiger partial charge in [0.05, 0.1) is 11.4 Å². The molecule has 6 nitrogen and oxygen atoms in total. The van der Waals surface area contributed by atoms with Crippen molar-refractivity contribution in [1.82, 2.24) is 0 Å². The zero-order chi connectivity index (χ0) is 18.7. The first-order chi connectivity index (χ1) is 12.4. The summed E-state index contributed by atoms with van der Waals surface area (Å²) >= 11 is 0. The molecular formula is C19H23N3O3S. The van der Waals surface area contributed by atoms with Gasteiger partial charge in [-0.1, -0.05) is 18.2 Å². The molecular weight excluding hydrogens is 350 g/mol. The average Bonchev–Trinajstić information content (AvgIpc) is 2.63. The molecule has 0 radical (unpaired) electrons. The number of fused-ring (bicyclic) bond motifs is 1. The smallest absolute Gasteiger partial charge is 0.308 e. The van der Waals surface area contributed by atoms with Crippen LogP contribution < -0.4 is 14.9 Å². The van der Waals surface area contributed by atoms with Crippen LogP contribution in [0.15, 0.2) is 42.5 Å². The zero-order valence-corrected chi connectivity index (χ0v) is 15.8. The molecule has 1 aliphatic heterocycles. The van der Waals surface area contributed by atoms with Crippen LogP contribution in [0.25, 0.3) is 0 Å². The number of nitrogens with one attached hydrogen (secondary N) is 2. The second kappa shape index (κ2) is 7.37. The van der Waals surface area contributed by atoms with Crippen molar-refractivity contribution in [1.29, 1.82) is 0 Å². The molecule has 138 valence electrons. The van der Waals surface area contributed by atoms with Gasteiger partial charge in [0.1, 0.15) is 0 Å². The molecule has 1 heterocycles. The third-order valence-electron chi connectivity index (χ3n) is 4.51. The Morgan fingerprint density at radius 3 is 2.65 bits per heavy atom. The summed E-state index contributed by atoms with van der Waals surface area (Å²) in [5.74, 6) is 0.0747. The SMILES string of the molecule is CCS(=O)(=O)N1CCCc2cc(NC(=O)Nc3ccccc3C)ccc21. The number of nitrogens with zero attached hydrogens (tertiary/aromatic N) is 1. The minimum absolute atomic E-state index is 0.0747. The summed E-state index contributed by atoms with van der Waals surface area (Å²) in [5, 5.41) is 5.64. The third kappa shape index (κ3) is 3.83. The molecule has 0 atom stereocenters. The number of para-hydroxylation sites is 1. The second-order valence-corrected chi connectivity index (χ2v) is 8.50. The summed E-state index contributed by atoms with van der Waals surface area (Å²) in [4.78, 5) is 12.2. The molecule has 0 unspecified atom stereocenters. The van der Waals surface area contributed by atoms with Crippen LogP contribution in [0.3, 0.4) is 0 Å². The number of hydrogen-bond donors (Lipinski definition) is 2. The first-order valence-electron chi connectivity index (χ1n) is 8.67. The second-order valence-electron chi connectivity index (χ2n) is 6.31. The number of rotatable bonds is 4. The molecule has 0 saturated carbocycles. The predicted octanol–water partition coefficient (Wildman–Crippen LogP) is 3.74. The van der Waals surface area contributed by atoms with E-state index in [0.717, 1.165) is 29.7 Å². The average molecular weight is 373 g/mol. The van der Waals surface area contributed by atoms with Crippen molar-refractivity contribution >= 4 is 33.1 Å². The number of amides is 2. The van der Waals surface area contributed by atoms with Crippen molar-refractivity contribution in [3.8, 4) is 0 Å². The van der Waals surface area contributed by atoms with E-state index in [9.17, 15) is 13.2 Å². The number of carbonyl (C=O) groups excluding carboxylic acids is 1. The molecule has 1 aliphatic rings. The topological polar surface area (TPSA) is 78.5 Å². The van der Waals surface area contributed by atoms with E-state index in [0.29, 0.717) is 17.9 Å². The van der Waals surface area contributed by atoms with Crippen LogP contribution in [0.2, 0.25) is 0 Å². The Hall–Kier alpha value is -2.54. The lowest BCUT2D eigenvalue weighted by molar-refractivity contribution is 0.262. The van der Waals surface area contributed by atoms with Crippen molar-refractivity contribution < 1.29 is 13.2 Å². The van der Waals surface area contributed by atoms with Gasteiger partial charge in [-0.2, -0.15) is 0 Å². The highest BCUT2D eigenvalue weighted by Gasteiger charge is 2.26. The minimum Gasteiger partial charge on any atom is -0.308 e. The maximum absolute atomic E-state index is 12.3. The van der Waals surface area contributed by atoms with Crippen LogP contribution in [0.1, 0.15) is 24.5 Å². The molecule has 2 amide bonds. The van der Waals surface area contributed by atoms with Gasteiger partial charge in [0.25, 0.3) is 0 Å². The lowest BCUT2D eigenvalue weighted by atomic mass is 10.0. The van der Waals surface area contributed by atoms with E-state index in [2.05, 4.69) is 10.6 Å². The van der Waals surface area contributed by atoms with Crippen molar-refractivity contribution in [3.05, 3.63) is 53.6 Å². The Labute approximate surface area is 154 Å². The standard InChI is InChI=1S/C19H23N3O3S/c1-3-26(24,25)22-12-6-8-15-13-16(10-11-18(15)22)20-19(23)21-17-9-5-4-7-14(17)2/h4-5,7,9-11,13H,3,6,8,12H2,1-2H3,(H2,20,21,23). The van der Waals surface area contributed by atoms with Crippen LogP contribution in [0, 0.1) is 6.92 Å². The lowest BCUT2D eigenvalue weighted by Gasteiger charge is -2.30. The maximum atomic E-state index is 12.3. The Morgan fingerprint density at radius 2 is 1.92 bits per heavy atom. The summed E-state index contributed by atoms with van der Waals surface area (Å²) in [7, 11) is -3.28. The molecule has 0 aromatic heterocycles. The van der Waals surface area contributed by atoms with Gasteiger partial charge in [0, 0.05) is 17.9 Å². The molecule has 0 saturated heterocycles. The van der Waals surface area contributed by atoms with Gasteiger partial charge in [0.2, 0.25) is 10.0 Å². The summed E-state index contributed by atoms with van der Waals surface area (Å²) in [6.07, 6.45) is 1.56. The Bertz CT molecular complexity index is 925. The van der Waals surface area contributed by atoms with Crippen molar-refractivity contribution in [3.63, 3.8) is 0 Å². The lowest BCUT2D eigenvalue weighted by Crippen LogP contribution is -2.36. The highest BCUT2D eigenvalue weighted by atomic mass is 32.2. The number of anilines is 3. The summed E-state index contributed by atoms with van der Waals surface area (Å²) in [6.45, 7) is 4.08. The van der Waals surface area contributed by atoms with E-state index < -0.39 is 10.0 Å². The molecule has 2 aromatic rings. The van der Waals surface area contributed by atoms with Crippen LogP contribution in [-0.2, 0) is 16.4 Å². The molecule has 2 N–H and O–H groups in total. The molecule has 0 fully saturated rings. The van der Waals surface area contributed by atoms with E-state index in [1.807, 2.05) is 37.3 Å². The number of aryl methyl sites for hydroxylation is 2. The number of sulfonamides is 1. The first-order valence-corrected chi connectivity index (χ1v) is 10.3. The third-order valence-corrected chi connectivity index (χ3v) is 6.29. The van der Waals surface area contributed by atoms with E-state index in [-0.39, 0.29) is 11.8 Å². The molecule has 7 heteroatoms. The summed E-state index contributed by atoms with van der Waals surface area (Å²) in [6, 6.07) is 12.6. The fourth-order valence-corrected chi connectivity index (χ4v) is 4.28. The molecule has 3 rings (SSSR count). The van der Waals surface area contributed by atoms with Crippen molar-refractivity contribution in [2.75, 3.05) is 27.2 Å². The van der Waals surface area contributed by atoms with E-state index >= 15 is 0 Å². The largest absolute Gasteiger partial charge is 0.323 e. The predicted molar refractivity (Wildman–Crippen MR) is 105 cm³/mol. The molecule has 0 spiro atoms. The van der Waals surface area contributed by atoms with Crippen LogP contribution in [0.5, 0.6) is 0 Å². The number of carbonyl (C=O) groups is 1. The van der Waals surface area contributed by atoms with E-state index in [4.69, 9.17) is 0 Å². The van der Waals surface area contributed by atoms with Gasteiger partial charge < -0.3 is 10.6 Å². The molecule has 2 aromatic carbocycles. The summed E-state index contributed by atoms with van der Waals surface area (Å²) in [5.41, 5.74) is 4.02. The maximum Gasteiger partial charge on any atom is 0.323 e. The van der Waals surface area contributed by atoms with Gasteiger partial charge in [-0.05, 0) is 62.1 Å². The van der Waals surface area contributed by atoms with E-state index in [1.54, 1.807) is 19.1 Å². The molecule has 0 bridgehead atoms. The van der Waals surface area contributed by atoms with E-state index in [1.165, 1.54) is 4.31 Å². The Morgan fingerprint density at radius 1 is 1.15 bits per heavy atom. The highest BCUT2D eigenvalue weighted by molar-refractivity contribution is 7.92. The first kappa shape index (κ1) is 18.3. The zero-order valence-electron chi connectivity index (χ0n) is 15.0. The quantitative estimate of drug-likeness (QED) is 0.857. The minimum atomic E-state index is -3.28. The van der Waals surface area contributed by atoms with Gasteiger partial charge in [-0.15, -0.1) is 0 Å². The number of hydrogen-bond acceptors (Lipinski definition) is 3. The van der Waals surface area contributed by atoms with Crippen LogP contribution in [-0.4, -0.2) is 26.7 Å². The van der Waals surface area contributed by atoms with Gasteiger partial charge in [-0.3, -0.25) is 4.31 Å². The Balaban J connectivity index is 1.77. The Kier molecular flexibility index (Phi) is 5.18. The van der Waals surface area contributed by atoms with Crippen LogP contribution >= 0.6 is 0 Å². The fourth-order valence-electron chi connectivity index (χ4n) is 3.08. The summed E-state index contributed by atoms with van der Waals surface area (Å²) < 4.78 is 26.0.